The highest BCUT2D eigenvalue weighted by Crippen LogP contribution is 2.28. The van der Waals surface area contributed by atoms with Crippen LogP contribution in [0.5, 0.6) is 0 Å². The van der Waals surface area contributed by atoms with E-state index in [0.29, 0.717) is 5.91 Å². The summed E-state index contributed by atoms with van der Waals surface area (Å²) in [6.07, 6.45) is 7.23. The average molecular weight is 425 g/mol. The lowest BCUT2D eigenvalue weighted by Gasteiger charge is -2.35. The number of aliphatic carboxylic acids is 2. The van der Waals surface area contributed by atoms with Crippen molar-refractivity contribution in [1.82, 2.24) is 9.80 Å². The maximum atomic E-state index is 12.4. The van der Waals surface area contributed by atoms with Crippen LogP contribution in [-0.4, -0.2) is 64.0 Å². The Morgan fingerprint density at radius 2 is 1.55 bits per heavy atom. The molecule has 2 fully saturated rings. The summed E-state index contributed by atoms with van der Waals surface area (Å²) in [6.45, 7) is 4.48. The molecule has 1 saturated carbocycles. The molecule has 0 bridgehead atoms. The number of hydrogen-bond donors (Lipinski definition) is 2. The van der Waals surface area contributed by atoms with Gasteiger partial charge < -0.3 is 15.1 Å². The zero-order valence-electron chi connectivity index (χ0n) is 16.6. The van der Waals surface area contributed by atoms with E-state index in [1.165, 1.54) is 31.2 Å². The number of carbonyl (C=O) groups excluding carboxylic acids is 1. The number of carboxylic acids is 2. The smallest absolute Gasteiger partial charge is 0.414 e. The van der Waals surface area contributed by atoms with Crippen molar-refractivity contribution < 1.29 is 24.6 Å². The van der Waals surface area contributed by atoms with Gasteiger partial charge in [0.05, 0.1) is 0 Å². The third-order valence-electron chi connectivity index (χ3n) is 5.50. The van der Waals surface area contributed by atoms with Gasteiger partial charge in [-0.15, -0.1) is 0 Å². The molecule has 8 heteroatoms. The Balaban J connectivity index is 0.000000438. The van der Waals surface area contributed by atoms with Crippen LogP contribution in [0.3, 0.4) is 0 Å². The largest absolute Gasteiger partial charge is 0.473 e. The Morgan fingerprint density at radius 3 is 2.10 bits per heavy atom. The predicted octanol–water partition coefficient (Wildman–Crippen LogP) is 3.11. The van der Waals surface area contributed by atoms with Crippen LogP contribution in [0.1, 0.15) is 44.1 Å². The number of nitrogens with zero attached hydrogens (tertiary/aromatic N) is 2. The summed E-state index contributed by atoms with van der Waals surface area (Å²) in [7, 11) is 0. The Morgan fingerprint density at radius 1 is 0.966 bits per heavy atom. The average Bonchev–Trinajstić information content (AvgIpc) is 3.22. The van der Waals surface area contributed by atoms with Gasteiger partial charge in [0.1, 0.15) is 0 Å². The number of piperazine rings is 1. The first-order valence-electron chi connectivity index (χ1n) is 10.1. The molecule has 1 saturated heterocycles. The molecule has 1 aliphatic carbocycles. The highest BCUT2D eigenvalue weighted by atomic mass is 35.5. The van der Waals surface area contributed by atoms with Crippen molar-refractivity contribution in [3.63, 3.8) is 0 Å². The van der Waals surface area contributed by atoms with E-state index in [9.17, 15) is 4.79 Å². The van der Waals surface area contributed by atoms with Gasteiger partial charge >= 0.3 is 11.9 Å². The summed E-state index contributed by atoms with van der Waals surface area (Å²) in [5, 5.41) is 15.6. The summed E-state index contributed by atoms with van der Waals surface area (Å²) >= 11 is 6.23. The van der Waals surface area contributed by atoms with Gasteiger partial charge in [-0.3, -0.25) is 9.69 Å². The van der Waals surface area contributed by atoms with E-state index in [-0.39, 0.29) is 0 Å². The maximum absolute atomic E-state index is 12.4. The summed E-state index contributed by atoms with van der Waals surface area (Å²) in [5.74, 6) is -2.49. The number of hydrogen-bond acceptors (Lipinski definition) is 4. The van der Waals surface area contributed by atoms with Crippen LogP contribution in [0.25, 0.3) is 0 Å². The SMILES string of the molecule is O=C(CCC1CCCC1)N1CCN(Cc2ccccc2Cl)CC1.O=C(O)C(=O)O. The minimum Gasteiger partial charge on any atom is -0.473 e. The lowest BCUT2D eigenvalue weighted by atomic mass is 10.0. The second-order valence-electron chi connectivity index (χ2n) is 7.55. The van der Waals surface area contributed by atoms with Gasteiger partial charge in [-0.1, -0.05) is 55.5 Å². The molecule has 0 aromatic heterocycles. The molecule has 0 atom stereocenters. The quantitative estimate of drug-likeness (QED) is 0.705. The minimum absolute atomic E-state index is 0.356. The maximum Gasteiger partial charge on any atom is 0.414 e. The van der Waals surface area contributed by atoms with E-state index < -0.39 is 11.9 Å². The summed E-state index contributed by atoms with van der Waals surface area (Å²) in [4.78, 5) is 35.0. The number of halogens is 1. The normalized spacial score (nSPS) is 17.5. The second kappa shape index (κ2) is 11.8. The van der Waals surface area contributed by atoms with Crippen LogP contribution in [0.15, 0.2) is 24.3 Å². The fourth-order valence-electron chi connectivity index (χ4n) is 3.81. The van der Waals surface area contributed by atoms with Gasteiger partial charge in [-0.2, -0.15) is 0 Å². The number of carboxylic acid groups (broad SMARTS) is 2. The van der Waals surface area contributed by atoms with Gasteiger partial charge in [0.2, 0.25) is 5.91 Å². The Labute approximate surface area is 176 Å². The van der Waals surface area contributed by atoms with Crippen molar-refractivity contribution >= 4 is 29.4 Å². The molecule has 0 unspecified atom stereocenters. The number of amides is 1. The molecule has 1 heterocycles. The molecule has 2 aliphatic rings. The highest BCUT2D eigenvalue weighted by molar-refractivity contribution is 6.31. The highest BCUT2D eigenvalue weighted by Gasteiger charge is 2.23. The second-order valence-corrected chi connectivity index (χ2v) is 7.96. The van der Waals surface area contributed by atoms with E-state index in [0.717, 1.165) is 56.5 Å². The number of benzene rings is 1. The molecule has 7 nitrogen and oxygen atoms in total. The van der Waals surface area contributed by atoms with Crippen LogP contribution in [0.4, 0.5) is 0 Å². The molecule has 1 aromatic rings. The zero-order chi connectivity index (χ0) is 21.2. The molecule has 1 amide bonds. The summed E-state index contributed by atoms with van der Waals surface area (Å²) in [5.41, 5.74) is 1.18. The monoisotopic (exact) mass is 424 g/mol. The molecule has 1 aromatic carbocycles. The molecule has 29 heavy (non-hydrogen) atoms. The lowest BCUT2D eigenvalue weighted by molar-refractivity contribution is -0.159. The van der Waals surface area contributed by atoms with E-state index in [4.69, 9.17) is 31.4 Å². The Kier molecular flexibility index (Phi) is 9.41. The molecule has 0 radical (unpaired) electrons. The minimum atomic E-state index is -1.82. The number of carbonyl (C=O) groups is 3. The fraction of sp³-hybridized carbons (Fsp3) is 0.571. The Bertz CT molecular complexity index is 686. The van der Waals surface area contributed by atoms with Crippen molar-refractivity contribution in [3.05, 3.63) is 34.9 Å². The summed E-state index contributed by atoms with van der Waals surface area (Å²) in [6, 6.07) is 8.03. The molecule has 3 rings (SSSR count). The summed E-state index contributed by atoms with van der Waals surface area (Å²) < 4.78 is 0. The standard InChI is InChI=1S/C19H27ClN2O.C2H2O4/c20-18-8-4-3-7-17(18)15-21-11-13-22(14-12-21)19(23)10-9-16-5-1-2-6-16;3-1(4)2(5)6/h3-4,7-8,16H,1-2,5-6,9-15H2;(H,3,4)(H,5,6). The van der Waals surface area contributed by atoms with Crippen LogP contribution in [0.2, 0.25) is 5.02 Å². The van der Waals surface area contributed by atoms with Crippen molar-refractivity contribution in [3.8, 4) is 0 Å². The molecular weight excluding hydrogens is 396 g/mol. The molecule has 0 spiro atoms. The first-order chi connectivity index (χ1) is 13.9. The first-order valence-corrected chi connectivity index (χ1v) is 10.4. The topological polar surface area (TPSA) is 98.2 Å². The van der Waals surface area contributed by atoms with Gasteiger partial charge in [0.15, 0.2) is 0 Å². The third kappa shape index (κ3) is 8.03. The van der Waals surface area contributed by atoms with Gasteiger partial charge in [0.25, 0.3) is 0 Å². The van der Waals surface area contributed by atoms with E-state index >= 15 is 0 Å². The van der Waals surface area contributed by atoms with E-state index in [1.54, 1.807) is 0 Å². The van der Waals surface area contributed by atoms with E-state index in [1.807, 2.05) is 18.2 Å². The van der Waals surface area contributed by atoms with Crippen LogP contribution in [-0.2, 0) is 20.9 Å². The molecular formula is C21H29ClN2O5. The molecule has 2 N–H and O–H groups in total. The van der Waals surface area contributed by atoms with Crippen LogP contribution < -0.4 is 0 Å². The lowest BCUT2D eigenvalue weighted by Crippen LogP contribution is -2.48. The van der Waals surface area contributed by atoms with Crippen molar-refractivity contribution in [2.24, 2.45) is 5.92 Å². The first kappa shape index (κ1) is 23.2. The molecule has 160 valence electrons. The van der Waals surface area contributed by atoms with Gasteiger partial charge in [-0.05, 0) is 24.0 Å². The fourth-order valence-corrected chi connectivity index (χ4v) is 4.00. The van der Waals surface area contributed by atoms with Crippen molar-refractivity contribution in [2.75, 3.05) is 26.2 Å². The van der Waals surface area contributed by atoms with Gasteiger partial charge in [-0.25, -0.2) is 9.59 Å². The van der Waals surface area contributed by atoms with Crippen molar-refractivity contribution in [2.45, 2.75) is 45.1 Å². The van der Waals surface area contributed by atoms with E-state index in [2.05, 4.69) is 15.9 Å². The number of rotatable bonds is 5. The zero-order valence-corrected chi connectivity index (χ0v) is 17.3. The van der Waals surface area contributed by atoms with Crippen molar-refractivity contribution in [1.29, 1.82) is 0 Å². The predicted molar refractivity (Wildman–Crippen MR) is 110 cm³/mol. The van der Waals surface area contributed by atoms with Gasteiger partial charge in [0, 0.05) is 44.2 Å². The van der Waals surface area contributed by atoms with Crippen LogP contribution >= 0.6 is 11.6 Å². The third-order valence-corrected chi connectivity index (χ3v) is 5.87. The Hall–Kier alpha value is -2.12. The van der Waals surface area contributed by atoms with Crippen LogP contribution in [0, 0.1) is 5.92 Å². The molecule has 1 aliphatic heterocycles.